The van der Waals surface area contributed by atoms with Gasteiger partial charge in [0.05, 0.1) is 11.1 Å². The Morgan fingerprint density at radius 2 is 1.86 bits per heavy atom. The van der Waals surface area contributed by atoms with E-state index in [4.69, 9.17) is 11.6 Å². The second-order valence-electron chi connectivity index (χ2n) is 3.81. The second-order valence-corrected chi connectivity index (χ2v) is 4.17. The zero-order chi connectivity index (χ0) is 15.6. The lowest BCUT2D eigenvalue weighted by atomic mass is 10.1. The summed E-state index contributed by atoms with van der Waals surface area (Å²) in [6, 6.07) is 2.39. The van der Waals surface area contributed by atoms with Crippen molar-refractivity contribution in [3.8, 4) is 0 Å². The average Bonchev–Trinajstić information content (AvgIpc) is 2.40. The van der Waals surface area contributed by atoms with Crippen LogP contribution in [0.25, 0.3) is 0 Å². The molecule has 1 amide bonds. The first-order valence-corrected chi connectivity index (χ1v) is 5.82. The molecule has 0 saturated heterocycles. The fourth-order valence-electron chi connectivity index (χ4n) is 1.51. The third-order valence-electron chi connectivity index (χ3n) is 2.43. The number of anilines is 1. The maximum Gasteiger partial charge on any atom is 0.419 e. The molecule has 0 atom stereocenters. The van der Waals surface area contributed by atoms with E-state index in [-0.39, 0.29) is 11.0 Å². The molecule has 9 heteroatoms. The minimum atomic E-state index is -4.90. The quantitative estimate of drug-likeness (QED) is 0.861. The van der Waals surface area contributed by atoms with Gasteiger partial charge in [-0.3, -0.25) is 4.79 Å². The number of carbonyl (C=O) groups is 1. The summed E-state index contributed by atoms with van der Waals surface area (Å²) >= 11 is 5.64. The standard InChI is InChI=1S/C12H6ClF4N3O/c13-9-10(19-5-4-18-9)20-11(21)6-2-1-3-7(8(6)14)12(15,16)17/h1-5H,(H,19,20,21). The highest BCUT2D eigenvalue weighted by molar-refractivity contribution is 6.32. The van der Waals surface area contributed by atoms with Crippen molar-refractivity contribution in [2.24, 2.45) is 0 Å². The minimum absolute atomic E-state index is 0.168. The summed E-state index contributed by atoms with van der Waals surface area (Å²) in [4.78, 5) is 19.1. The van der Waals surface area contributed by atoms with Crippen molar-refractivity contribution in [3.05, 3.63) is 52.7 Å². The predicted molar refractivity (Wildman–Crippen MR) is 66.4 cm³/mol. The van der Waals surface area contributed by atoms with Crippen LogP contribution < -0.4 is 5.32 Å². The molecular weight excluding hydrogens is 314 g/mol. The molecule has 0 aliphatic heterocycles. The van der Waals surface area contributed by atoms with E-state index < -0.39 is 29.0 Å². The van der Waals surface area contributed by atoms with Crippen LogP contribution in [0.1, 0.15) is 15.9 Å². The molecule has 0 unspecified atom stereocenters. The number of nitrogens with zero attached hydrogens (tertiary/aromatic N) is 2. The van der Waals surface area contributed by atoms with Crippen LogP contribution >= 0.6 is 11.6 Å². The van der Waals surface area contributed by atoms with Crippen LogP contribution in [0, 0.1) is 5.82 Å². The Kier molecular flexibility index (Phi) is 4.08. The van der Waals surface area contributed by atoms with Crippen LogP contribution in [-0.2, 0) is 6.18 Å². The number of amides is 1. The van der Waals surface area contributed by atoms with Crippen LogP contribution in [0.3, 0.4) is 0 Å². The van der Waals surface area contributed by atoms with Gasteiger partial charge in [-0.05, 0) is 12.1 Å². The van der Waals surface area contributed by atoms with Crippen molar-refractivity contribution < 1.29 is 22.4 Å². The van der Waals surface area contributed by atoms with Gasteiger partial charge in [-0.2, -0.15) is 13.2 Å². The van der Waals surface area contributed by atoms with E-state index in [0.29, 0.717) is 6.07 Å². The van der Waals surface area contributed by atoms with Crippen molar-refractivity contribution in [2.75, 3.05) is 5.32 Å². The largest absolute Gasteiger partial charge is 0.419 e. The van der Waals surface area contributed by atoms with Gasteiger partial charge in [0.2, 0.25) is 0 Å². The van der Waals surface area contributed by atoms with Crippen molar-refractivity contribution in [2.45, 2.75) is 6.18 Å². The molecule has 0 spiro atoms. The predicted octanol–water partition coefficient (Wildman–Crippen LogP) is 3.54. The number of hydrogen-bond donors (Lipinski definition) is 1. The van der Waals surface area contributed by atoms with E-state index in [9.17, 15) is 22.4 Å². The fourth-order valence-corrected chi connectivity index (χ4v) is 1.66. The summed E-state index contributed by atoms with van der Waals surface area (Å²) in [5, 5.41) is 1.93. The first kappa shape index (κ1) is 15.2. The molecule has 1 aromatic heterocycles. The van der Waals surface area contributed by atoms with E-state index in [1.807, 2.05) is 0 Å². The highest BCUT2D eigenvalue weighted by Crippen LogP contribution is 2.32. The molecular formula is C12H6ClF4N3O. The lowest BCUT2D eigenvalue weighted by Crippen LogP contribution is -2.18. The Balaban J connectivity index is 2.35. The molecule has 2 rings (SSSR count). The van der Waals surface area contributed by atoms with Gasteiger partial charge in [-0.25, -0.2) is 14.4 Å². The van der Waals surface area contributed by atoms with Crippen LogP contribution in [0.15, 0.2) is 30.6 Å². The van der Waals surface area contributed by atoms with Gasteiger partial charge in [-0.15, -0.1) is 0 Å². The Morgan fingerprint density at radius 1 is 1.19 bits per heavy atom. The first-order chi connectivity index (χ1) is 9.80. The van der Waals surface area contributed by atoms with Crippen LogP contribution in [-0.4, -0.2) is 15.9 Å². The van der Waals surface area contributed by atoms with E-state index in [1.165, 1.54) is 12.4 Å². The molecule has 110 valence electrons. The van der Waals surface area contributed by atoms with Gasteiger partial charge in [0.1, 0.15) is 5.82 Å². The van der Waals surface area contributed by atoms with Crippen LogP contribution in [0.5, 0.6) is 0 Å². The Labute approximate surface area is 120 Å². The van der Waals surface area contributed by atoms with Crippen LogP contribution in [0.2, 0.25) is 5.15 Å². The molecule has 0 aliphatic rings. The molecule has 0 aliphatic carbocycles. The van der Waals surface area contributed by atoms with E-state index in [2.05, 4.69) is 15.3 Å². The van der Waals surface area contributed by atoms with E-state index >= 15 is 0 Å². The molecule has 4 nitrogen and oxygen atoms in total. The summed E-state index contributed by atoms with van der Waals surface area (Å²) in [5.41, 5.74) is -2.30. The molecule has 1 aromatic carbocycles. The third kappa shape index (κ3) is 3.27. The maximum absolute atomic E-state index is 13.8. The van der Waals surface area contributed by atoms with Gasteiger partial charge < -0.3 is 5.32 Å². The van der Waals surface area contributed by atoms with Crippen LogP contribution in [0.4, 0.5) is 23.4 Å². The topological polar surface area (TPSA) is 54.9 Å². The molecule has 0 saturated carbocycles. The van der Waals surface area contributed by atoms with Crippen molar-refractivity contribution in [1.29, 1.82) is 0 Å². The number of rotatable bonds is 2. The number of alkyl halides is 3. The van der Waals surface area contributed by atoms with Gasteiger partial charge in [-0.1, -0.05) is 17.7 Å². The SMILES string of the molecule is O=C(Nc1nccnc1Cl)c1cccc(C(F)(F)F)c1F. The zero-order valence-corrected chi connectivity index (χ0v) is 10.8. The summed E-state index contributed by atoms with van der Waals surface area (Å²) in [6.07, 6.45) is -2.43. The number of carbonyl (C=O) groups excluding carboxylic acids is 1. The molecule has 2 aromatic rings. The van der Waals surface area contributed by atoms with Gasteiger partial charge >= 0.3 is 6.18 Å². The van der Waals surface area contributed by atoms with Crippen molar-refractivity contribution >= 4 is 23.3 Å². The molecule has 1 heterocycles. The fraction of sp³-hybridized carbons (Fsp3) is 0.0833. The zero-order valence-electron chi connectivity index (χ0n) is 10.1. The lowest BCUT2D eigenvalue weighted by Gasteiger charge is -2.11. The number of hydrogen-bond acceptors (Lipinski definition) is 3. The Hall–Kier alpha value is -2.22. The number of aromatic nitrogens is 2. The van der Waals surface area contributed by atoms with Crippen molar-refractivity contribution in [1.82, 2.24) is 9.97 Å². The summed E-state index contributed by atoms with van der Waals surface area (Å²) in [6.45, 7) is 0. The number of benzene rings is 1. The van der Waals surface area contributed by atoms with E-state index in [1.54, 1.807) is 0 Å². The molecule has 1 N–H and O–H groups in total. The Morgan fingerprint density at radius 3 is 2.48 bits per heavy atom. The van der Waals surface area contributed by atoms with E-state index in [0.717, 1.165) is 12.1 Å². The smallest absolute Gasteiger partial charge is 0.304 e. The lowest BCUT2D eigenvalue weighted by molar-refractivity contribution is -0.140. The van der Waals surface area contributed by atoms with Gasteiger partial charge in [0.15, 0.2) is 11.0 Å². The highest BCUT2D eigenvalue weighted by Gasteiger charge is 2.35. The second kappa shape index (κ2) is 5.65. The molecule has 21 heavy (non-hydrogen) atoms. The first-order valence-electron chi connectivity index (χ1n) is 5.44. The molecule has 0 bridgehead atoms. The van der Waals surface area contributed by atoms with Crippen molar-refractivity contribution in [3.63, 3.8) is 0 Å². The van der Waals surface area contributed by atoms with Gasteiger partial charge in [0, 0.05) is 12.4 Å². The van der Waals surface area contributed by atoms with Gasteiger partial charge in [0.25, 0.3) is 5.91 Å². The third-order valence-corrected chi connectivity index (χ3v) is 2.71. The number of nitrogens with one attached hydrogen (secondary N) is 1. The monoisotopic (exact) mass is 319 g/mol. The summed E-state index contributed by atoms with van der Waals surface area (Å²) in [5.74, 6) is -2.95. The molecule has 0 fully saturated rings. The normalized spacial score (nSPS) is 11.3. The Bertz CT molecular complexity index is 690. The maximum atomic E-state index is 13.8. The average molecular weight is 320 g/mol. The summed E-state index contributed by atoms with van der Waals surface area (Å²) < 4.78 is 51.5. The summed E-state index contributed by atoms with van der Waals surface area (Å²) in [7, 11) is 0. The highest BCUT2D eigenvalue weighted by atomic mass is 35.5. The minimum Gasteiger partial charge on any atom is -0.304 e. The number of halogens is 5. The molecule has 0 radical (unpaired) electrons.